The molecule has 0 aromatic heterocycles. The van der Waals surface area contributed by atoms with Gasteiger partial charge in [-0.05, 0) is 20.3 Å². The second-order valence-electron chi connectivity index (χ2n) is 3.82. The zero-order chi connectivity index (χ0) is 10.1. The minimum Gasteiger partial charge on any atom is -0.480 e. The largest absolute Gasteiger partial charge is 0.480 e. The van der Waals surface area contributed by atoms with Crippen LogP contribution in [0.4, 0.5) is 0 Å². The zero-order valence-corrected chi connectivity index (χ0v) is 8.33. The molecular formula is C9H17NO3. The van der Waals surface area contributed by atoms with Crippen molar-refractivity contribution in [3.63, 3.8) is 0 Å². The Morgan fingerprint density at radius 1 is 1.77 bits per heavy atom. The van der Waals surface area contributed by atoms with Gasteiger partial charge < -0.3 is 9.84 Å². The van der Waals surface area contributed by atoms with Gasteiger partial charge in [0.1, 0.15) is 6.04 Å². The lowest BCUT2D eigenvalue weighted by atomic mass is 9.98. The molecule has 3 unspecified atom stereocenters. The fourth-order valence-corrected chi connectivity index (χ4v) is 1.55. The SMILES string of the molecule is CCC1(C)CNC(C(=O)O)C(C)O1. The first kappa shape index (κ1) is 10.5. The molecule has 1 saturated heterocycles. The van der Waals surface area contributed by atoms with E-state index in [1.165, 1.54) is 0 Å². The van der Waals surface area contributed by atoms with E-state index < -0.39 is 12.0 Å². The molecule has 13 heavy (non-hydrogen) atoms. The number of hydrogen-bond donors (Lipinski definition) is 2. The summed E-state index contributed by atoms with van der Waals surface area (Å²) in [5, 5.41) is 11.8. The molecular weight excluding hydrogens is 170 g/mol. The number of carbonyl (C=O) groups is 1. The van der Waals surface area contributed by atoms with E-state index in [2.05, 4.69) is 5.32 Å². The molecule has 4 heteroatoms. The first-order chi connectivity index (χ1) is 5.98. The lowest BCUT2D eigenvalue weighted by Crippen LogP contribution is -2.59. The van der Waals surface area contributed by atoms with Crippen LogP contribution in [0.5, 0.6) is 0 Å². The molecule has 0 aliphatic carbocycles. The fraction of sp³-hybridized carbons (Fsp3) is 0.889. The Morgan fingerprint density at radius 2 is 2.38 bits per heavy atom. The van der Waals surface area contributed by atoms with Crippen LogP contribution in [0.2, 0.25) is 0 Å². The van der Waals surface area contributed by atoms with Crippen molar-refractivity contribution >= 4 is 5.97 Å². The number of hydrogen-bond acceptors (Lipinski definition) is 3. The average molecular weight is 187 g/mol. The first-order valence-electron chi connectivity index (χ1n) is 4.62. The highest BCUT2D eigenvalue weighted by Crippen LogP contribution is 2.22. The van der Waals surface area contributed by atoms with Crippen molar-refractivity contribution < 1.29 is 14.6 Å². The van der Waals surface area contributed by atoms with Crippen LogP contribution in [-0.4, -0.2) is 35.4 Å². The highest BCUT2D eigenvalue weighted by molar-refractivity contribution is 5.74. The van der Waals surface area contributed by atoms with Gasteiger partial charge in [0.2, 0.25) is 0 Å². The van der Waals surface area contributed by atoms with Crippen LogP contribution < -0.4 is 5.32 Å². The summed E-state index contributed by atoms with van der Waals surface area (Å²) in [7, 11) is 0. The summed E-state index contributed by atoms with van der Waals surface area (Å²) in [6.45, 7) is 6.42. The quantitative estimate of drug-likeness (QED) is 0.665. The van der Waals surface area contributed by atoms with Gasteiger partial charge in [-0.2, -0.15) is 0 Å². The molecule has 76 valence electrons. The van der Waals surface area contributed by atoms with E-state index in [4.69, 9.17) is 9.84 Å². The van der Waals surface area contributed by atoms with Crippen molar-refractivity contribution in [1.29, 1.82) is 0 Å². The Hall–Kier alpha value is -0.610. The average Bonchev–Trinajstić information content (AvgIpc) is 2.03. The third-order valence-corrected chi connectivity index (χ3v) is 2.65. The molecule has 0 radical (unpaired) electrons. The van der Waals surface area contributed by atoms with Gasteiger partial charge in [0.05, 0.1) is 11.7 Å². The normalized spacial score (nSPS) is 40.2. The number of rotatable bonds is 2. The molecule has 1 rings (SSSR count). The van der Waals surface area contributed by atoms with Crippen LogP contribution >= 0.6 is 0 Å². The standard InChI is InChI=1S/C9H17NO3/c1-4-9(3)5-10-7(8(11)12)6(2)13-9/h6-7,10H,4-5H2,1-3H3,(H,11,12). The number of morpholine rings is 1. The Kier molecular flexibility index (Phi) is 2.93. The maximum absolute atomic E-state index is 10.7. The van der Waals surface area contributed by atoms with E-state index in [9.17, 15) is 4.79 Å². The Labute approximate surface area is 78.3 Å². The second kappa shape index (κ2) is 3.64. The summed E-state index contributed by atoms with van der Waals surface area (Å²) in [6.07, 6.45) is 0.618. The van der Waals surface area contributed by atoms with Gasteiger partial charge in [-0.3, -0.25) is 10.1 Å². The highest BCUT2D eigenvalue weighted by Gasteiger charge is 2.38. The van der Waals surface area contributed by atoms with Crippen LogP contribution in [0.1, 0.15) is 27.2 Å². The molecule has 0 bridgehead atoms. The van der Waals surface area contributed by atoms with Crippen molar-refractivity contribution in [2.75, 3.05) is 6.54 Å². The Balaban J connectivity index is 2.61. The topological polar surface area (TPSA) is 58.6 Å². The summed E-state index contributed by atoms with van der Waals surface area (Å²) < 4.78 is 5.65. The molecule has 4 nitrogen and oxygen atoms in total. The predicted molar refractivity (Wildman–Crippen MR) is 48.7 cm³/mol. The fourth-order valence-electron chi connectivity index (χ4n) is 1.55. The van der Waals surface area contributed by atoms with E-state index in [1.54, 1.807) is 6.92 Å². The summed E-state index contributed by atoms with van der Waals surface area (Å²) in [4.78, 5) is 10.7. The summed E-state index contributed by atoms with van der Waals surface area (Å²) >= 11 is 0. The minimum atomic E-state index is -0.842. The molecule has 3 atom stereocenters. The molecule has 0 amide bonds. The third kappa shape index (κ3) is 2.19. The lowest BCUT2D eigenvalue weighted by molar-refractivity contribution is -0.159. The van der Waals surface area contributed by atoms with Crippen LogP contribution in [0.15, 0.2) is 0 Å². The van der Waals surface area contributed by atoms with Gasteiger partial charge in [0.25, 0.3) is 0 Å². The number of carboxylic acids is 1. The molecule has 0 aromatic rings. The molecule has 0 aromatic carbocycles. The van der Waals surface area contributed by atoms with Gasteiger partial charge in [0, 0.05) is 6.54 Å². The summed E-state index contributed by atoms with van der Waals surface area (Å²) in [6, 6.07) is -0.570. The molecule has 2 N–H and O–H groups in total. The second-order valence-corrected chi connectivity index (χ2v) is 3.82. The molecule has 1 heterocycles. The molecule has 0 saturated carbocycles. The van der Waals surface area contributed by atoms with Gasteiger partial charge in [-0.25, -0.2) is 0 Å². The smallest absolute Gasteiger partial charge is 0.323 e. The van der Waals surface area contributed by atoms with Crippen molar-refractivity contribution in [2.24, 2.45) is 0 Å². The molecule has 1 aliphatic heterocycles. The molecule has 1 aliphatic rings. The van der Waals surface area contributed by atoms with E-state index in [1.807, 2.05) is 13.8 Å². The van der Waals surface area contributed by atoms with E-state index in [0.29, 0.717) is 6.54 Å². The van der Waals surface area contributed by atoms with Crippen molar-refractivity contribution in [3.8, 4) is 0 Å². The van der Waals surface area contributed by atoms with Gasteiger partial charge in [-0.1, -0.05) is 6.92 Å². The lowest BCUT2D eigenvalue weighted by Gasteiger charge is -2.40. The maximum Gasteiger partial charge on any atom is 0.323 e. The molecule has 0 spiro atoms. The van der Waals surface area contributed by atoms with E-state index >= 15 is 0 Å². The van der Waals surface area contributed by atoms with E-state index in [-0.39, 0.29) is 11.7 Å². The van der Waals surface area contributed by atoms with Crippen LogP contribution in [0.3, 0.4) is 0 Å². The van der Waals surface area contributed by atoms with Crippen molar-refractivity contribution in [1.82, 2.24) is 5.32 Å². The van der Waals surface area contributed by atoms with Crippen molar-refractivity contribution in [2.45, 2.75) is 44.9 Å². The summed E-state index contributed by atoms with van der Waals surface area (Å²) in [5.74, 6) is -0.842. The number of carboxylic acid groups (broad SMARTS) is 1. The number of nitrogens with one attached hydrogen (secondary N) is 1. The van der Waals surface area contributed by atoms with E-state index in [0.717, 1.165) is 6.42 Å². The van der Waals surface area contributed by atoms with Gasteiger partial charge in [0.15, 0.2) is 0 Å². The minimum absolute atomic E-state index is 0.217. The first-order valence-corrected chi connectivity index (χ1v) is 4.62. The monoisotopic (exact) mass is 187 g/mol. The number of ether oxygens (including phenoxy) is 1. The molecule has 1 fully saturated rings. The van der Waals surface area contributed by atoms with Crippen LogP contribution in [0, 0.1) is 0 Å². The number of aliphatic carboxylic acids is 1. The van der Waals surface area contributed by atoms with Crippen LogP contribution in [0.25, 0.3) is 0 Å². The van der Waals surface area contributed by atoms with Crippen molar-refractivity contribution in [3.05, 3.63) is 0 Å². The summed E-state index contributed by atoms with van der Waals surface area (Å²) in [5.41, 5.74) is -0.217. The third-order valence-electron chi connectivity index (χ3n) is 2.65. The Bertz CT molecular complexity index is 207. The zero-order valence-electron chi connectivity index (χ0n) is 8.33. The van der Waals surface area contributed by atoms with Crippen LogP contribution in [-0.2, 0) is 9.53 Å². The predicted octanol–water partition coefficient (Wildman–Crippen LogP) is 0.617. The maximum atomic E-state index is 10.7. The van der Waals surface area contributed by atoms with Gasteiger partial charge in [-0.15, -0.1) is 0 Å². The highest BCUT2D eigenvalue weighted by atomic mass is 16.5. The van der Waals surface area contributed by atoms with Gasteiger partial charge >= 0.3 is 5.97 Å². The Morgan fingerprint density at radius 3 is 2.77 bits per heavy atom.